The van der Waals surface area contributed by atoms with Crippen LogP contribution in [0.4, 0.5) is 0 Å². The summed E-state index contributed by atoms with van der Waals surface area (Å²) in [6.07, 6.45) is 4.75. The van der Waals surface area contributed by atoms with Crippen LogP contribution in [0.5, 0.6) is 0 Å². The van der Waals surface area contributed by atoms with Gasteiger partial charge in [0.25, 0.3) is 5.91 Å². The van der Waals surface area contributed by atoms with Crippen LogP contribution in [0.25, 0.3) is 0 Å². The molecule has 2 aromatic rings. The number of carbonyl (C=O) groups is 1. The SMILES string of the molecule is O=C(NC(CN1CCCC1)c1ccccc1)c1cc(C2CC2)on1. The van der Waals surface area contributed by atoms with Crippen molar-refractivity contribution in [2.75, 3.05) is 19.6 Å². The minimum absolute atomic E-state index is 0.0297. The summed E-state index contributed by atoms with van der Waals surface area (Å²) in [6, 6.07) is 11.9. The summed E-state index contributed by atoms with van der Waals surface area (Å²) in [5.74, 6) is 1.16. The average Bonchev–Trinajstić information content (AvgIpc) is 3.12. The van der Waals surface area contributed by atoms with Crippen molar-refractivity contribution >= 4 is 5.91 Å². The van der Waals surface area contributed by atoms with E-state index in [1.807, 2.05) is 18.2 Å². The van der Waals surface area contributed by atoms with Gasteiger partial charge in [0.1, 0.15) is 5.76 Å². The third-order valence-electron chi connectivity index (χ3n) is 4.89. The quantitative estimate of drug-likeness (QED) is 0.886. The predicted molar refractivity (Wildman–Crippen MR) is 90.8 cm³/mol. The Kier molecular flexibility index (Phi) is 4.34. The van der Waals surface area contributed by atoms with E-state index >= 15 is 0 Å². The Balaban J connectivity index is 1.48. The highest BCUT2D eigenvalue weighted by atomic mass is 16.5. The molecule has 1 N–H and O–H groups in total. The first-order valence-electron chi connectivity index (χ1n) is 8.84. The van der Waals surface area contributed by atoms with Crippen LogP contribution in [0.15, 0.2) is 40.9 Å². The minimum atomic E-state index is -0.154. The fourth-order valence-electron chi connectivity index (χ4n) is 3.33. The Morgan fingerprint density at radius 2 is 2.00 bits per heavy atom. The topological polar surface area (TPSA) is 58.4 Å². The monoisotopic (exact) mass is 325 g/mol. The van der Waals surface area contributed by atoms with Gasteiger partial charge in [0.2, 0.25) is 0 Å². The highest BCUT2D eigenvalue weighted by molar-refractivity contribution is 5.92. The lowest BCUT2D eigenvalue weighted by atomic mass is 10.1. The molecular formula is C19H23N3O2. The van der Waals surface area contributed by atoms with E-state index in [2.05, 4.69) is 27.5 Å². The van der Waals surface area contributed by atoms with E-state index in [-0.39, 0.29) is 11.9 Å². The van der Waals surface area contributed by atoms with Crippen LogP contribution in [-0.4, -0.2) is 35.6 Å². The Bertz CT molecular complexity index is 688. The number of nitrogens with one attached hydrogen (secondary N) is 1. The average molecular weight is 325 g/mol. The van der Waals surface area contributed by atoms with Crippen molar-refractivity contribution in [3.8, 4) is 0 Å². The maximum Gasteiger partial charge on any atom is 0.274 e. The molecule has 2 fully saturated rings. The molecule has 4 rings (SSSR count). The molecule has 0 radical (unpaired) electrons. The van der Waals surface area contributed by atoms with Crippen molar-refractivity contribution in [3.63, 3.8) is 0 Å². The highest BCUT2D eigenvalue weighted by Gasteiger charge is 2.29. The van der Waals surface area contributed by atoms with Crippen molar-refractivity contribution < 1.29 is 9.32 Å². The molecule has 1 atom stereocenters. The van der Waals surface area contributed by atoms with Gasteiger partial charge in [0, 0.05) is 18.5 Å². The zero-order chi connectivity index (χ0) is 16.4. The fourth-order valence-corrected chi connectivity index (χ4v) is 3.33. The molecule has 2 aliphatic rings. The second kappa shape index (κ2) is 6.77. The number of carbonyl (C=O) groups excluding carboxylic acids is 1. The van der Waals surface area contributed by atoms with Gasteiger partial charge in [-0.15, -0.1) is 0 Å². The van der Waals surface area contributed by atoms with Gasteiger partial charge >= 0.3 is 0 Å². The first-order chi connectivity index (χ1) is 11.8. The maximum atomic E-state index is 12.6. The normalized spacial score (nSPS) is 19.3. The van der Waals surface area contributed by atoms with Crippen LogP contribution in [0.2, 0.25) is 0 Å². The van der Waals surface area contributed by atoms with Crippen molar-refractivity contribution in [1.82, 2.24) is 15.4 Å². The van der Waals surface area contributed by atoms with Gasteiger partial charge in [0.05, 0.1) is 6.04 Å². The molecule has 5 nitrogen and oxygen atoms in total. The van der Waals surface area contributed by atoms with Crippen LogP contribution in [0.1, 0.15) is 59.5 Å². The van der Waals surface area contributed by atoms with Gasteiger partial charge < -0.3 is 14.7 Å². The smallest absolute Gasteiger partial charge is 0.274 e. The summed E-state index contributed by atoms with van der Waals surface area (Å²) >= 11 is 0. The molecule has 126 valence electrons. The molecule has 1 aliphatic carbocycles. The fraction of sp³-hybridized carbons (Fsp3) is 0.474. The number of rotatable bonds is 6. The third-order valence-corrected chi connectivity index (χ3v) is 4.89. The van der Waals surface area contributed by atoms with Crippen LogP contribution < -0.4 is 5.32 Å². The molecule has 1 saturated heterocycles. The molecule has 1 saturated carbocycles. The lowest BCUT2D eigenvalue weighted by Crippen LogP contribution is -2.37. The lowest BCUT2D eigenvalue weighted by Gasteiger charge is -2.24. The second-order valence-corrected chi connectivity index (χ2v) is 6.83. The van der Waals surface area contributed by atoms with E-state index < -0.39 is 0 Å². The van der Waals surface area contributed by atoms with Crippen LogP contribution in [0.3, 0.4) is 0 Å². The van der Waals surface area contributed by atoms with E-state index in [4.69, 9.17) is 4.52 Å². The van der Waals surface area contributed by atoms with Gasteiger partial charge in [-0.05, 0) is 44.3 Å². The Hall–Kier alpha value is -2.14. The number of amides is 1. The molecule has 5 heteroatoms. The number of aromatic nitrogens is 1. The standard InChI is InChI=1S/C19H23N3O2/c23-19(16-12-18(24-21-16)15-8-9-15)20-17(13-22-10-4-5-11-22)14-6-2-1-3-7-14/h1-3,6-7,12,15,17H,4-5,8-11,13H2,(H,20,23). The largest absolute Gasteiger partial charge is 0.360 e. The first kappa shape index (κ1) is 15.4. The second-order valence-electron chi connectivity index (χ2n) is 6.83. The molecule has 2 heterocycles. The maximum absolute atomic E-state index is 12.6. The number of benzene rings is 1. The highest BCUT2D eigenvalue weighted by Crippen LogP contribution is 2.40. The zero-order valence-corrected chi connectivity index (χ0v) is 13.8. The van der Waals surface area contributed by atoms with Crippen molar-refractivity contribution in [3.05, 3.63) is 53.4 Å². The number of hydrogen-bond donors (Lipinski definition) is 1. The van der Waals surface area contributed by atoms with E-state index in [9.17, 15) is 4.79 Å². The number of hydrogen-bond acceptors (Lipinski definition) is 4. The summed E-state index contributed by atoms with van der Waals surface area (Å²) < 4.78 is 5.31. The van der Waals surface area contributed by atoms with Gasteiger partial charge in [-0.3, -0.25) is 4.79 Å². The Morgan fingerprint density at radius 3 is 2.71 bits per heavy atom. The summed E-state index contributed by atoms with van der Waals surface area (Å²) in [7, 11) is 0. The van der Waals surface area contributed by atoms with Gasteiger partial charge in [-0.25, -0.2) is 0 Å². The molecule has 1 aromatic carbocycles. The Morgan fingerprint density at radius 1 is 1.25 bits per heavy atom. The molecule has 1 amide bonds. The zero-order valence-electron chi connectivity index (χ0n) is 13.8. The van der Waals surface area contributed by atoms with E-state index in [1.54, 1.807) is 6.07 Å². The van der Waals surface area contributed by atoms with Gasteiger partial charge in [-0.2, -0.15) is 0 Å². The number of likely N-dealkylation sites (tertiary alicyclic amines) is 1. The third kappa shape index (κ3) is 3.51. The molecule has 24 heavy (non-hydrogen) atoms. The van der Waals surface area contributed by atoms with Crippen molar-refractivity contribution in [2.24, 2.45) is 0 Å². The molecule has 1 unspecified atom stereocenters. The Labute approximate surface area is 142 Å². The molecule has 1 aromatic heterocycles. The molecule has 0 spiro atoms. The molecule has 1 aliphatic heterocycles. The summed E-state index contributed by atoms with van der Waals surface area (Å²) in [4.78, 5) is 15.0. The predicted octanol–water partition coefficient (Wildman–Crippen LogP) is 3.12. The minimum Gasteiger partial charge on any atom is -0.360 e. The molecule has 0 bridgehead atoms. The summed E-state index contributed by atoms with van der Waals surface area (Å²) in [5, 5.41) is 7.10. The van der Waals surface area contributed by atoms with E-state index in [0.29, 0.717) is 11.6 Å². The van der Waals surface area contributed by atoms with Gasteiger partial charge in [-0.1, -0.05) is 35.5 Å². The first-order valence-corrected chi connectivity index (χ1v) is 8.84. The van der Waals surface area contributed by atoms with Gasteiger partial charge in [0.15, 0.2) is 5.69 Å². The van der Waals surface area contributed by atoms with Crippen LogP contribution in [0, 0.1) is 0 Å². The van der Waals surface area contributed by atoms with E-state index in [0.717, 1.165) is 43.8 Å². The van der Waals surface area contributed by atoms with E-state index in [1.165, 1.54) is 12.8 Å². The summed E-state index contributed by atoms with van der Waals surface area (Å²) in [6.45, 7) is 3.05. The number of nitrogens with zero attached hydrogens (tertiary/aromatic N) is 2. The van der Waals surface area contributed by atoms with Crippen LogP contribution >= 0.6 is 0 Å². The van der Waals surface area contributed by atoms with Crippen molar-refractivity contribution in [1.29, 1.82) is 0 Å². The van der Waals surface area contributed by atoms with Crippen LogP contribution in [-0.2, 0) is 0 Å². The van der Waals surface area contributed by atoms with Crippen molar-refractivity contribution in [2.45, 2.75) is 37.6 Å². The lowest BCUT2D eigenvalue weighted by molar-refractivity contribution is 0.0918. The molecular weight excluding hydrogens is 302 g/mol. The summed E-state index contributed by atoms with van der Waals surface area (Å²) in [5.41, 5.74) is 1.52.